The van der Waals surface area contributed by atoms with Crippen LogP contribution in [0.4, 0.5) is 5.82 Å². The van der Waals surface area contributed by atoms with Gasteiger partial charge in [-0.15, -0.1) is 0 Å². The van der Waals surface area contributed by atoms with Gasteiger partial charge in [-0.25, -0.2) is 4.98 Å². The predicted molar refractivity (Wildman–Crippen MR) is 69.3 cm³/mol. The first-order valence-electron chi connectivity index (χ1n) is 6.38. The number of nitrogens with zero attached hydrogens (tertiary/aromatic N) is 1. The van der Waals surface area contributed by atoms with E-state index in [1.54, 1.807) is 12.3 Å². The van der Waals surface area contributed by atoms with Crippen molar-refractivity contribution in [3.63, 3.8) is 0 Å². The first kappa shape index (κ1) is 13.0. The fraction of sp³-hybridized carbons (Fsp3) is 0.538. The van der Waals surface area contributed by atoms with Crippen molar-refractivity contribution in [1.29, 1.82) is 0 Å². The number of anilines is 1. The largest absolute Gasteiger partial charge is 0.378 e. The van der Waals surface area contributed by atoms with E-state index in [0.29, 0.717) is 24.9 Å². The van der Waals surface area contributed by atoms with E-state index in [1.165, 1.54) is 0 Å². The van der Waals surface area contributed by atoms with Crippen LogP contribution in [0.1, 0.15) is 19.3 Å². The summed E-state index contributed by atoms with van der Waals surface area (Å²) >= 11 is 0. The minimum Gasteiger partial charge on any atom is -0.378 e. The Morgan fingerprint density at radius 1 is 1.44 bits per heavy atom. The van der Waals surface area contributed by atoms with Crippen LogP contribution in [0, 0.1) is 0 Å². The number of nitrogens with one attached hydrogen (secondary N) is 2. The van der Waals surface area contributed by atoms with Crippen molar-refractivity contribution in [2.24, 2.45) is 0 Å². The molecule has 0 bridgehead atoms. The molecule has 1 aromatic heterocycles. The van der Waals surface area contributed by atoms with Crippen molar-refractivity contribution in [1.82, 2.24) is 10.3 Å². The normalized spacial score (nSPS) is 16.4. The molecule has 0 spiro atoms. The fourth-order valence-electron chi connectivity index (χ4n) is 1.92. The summed E-state index contributed by atoms with van der Waals surface area (Å²) in [5.74, 6) is 0.534. The lowest BCUT2D eigenvalue weighted by Gasteiger charge is -2.22. The maximum Gasteiger partial charge on any atom is 0.227 e. The van der Waals surface area contributed by atoms with Gasteiger partial charge in [0.25, 0.3) is 0 Å². The minimum atomic E-state index is -0.0531. The van der Waals surface area contributed by atoms with Crippen molar-refractivity contribution < 1.29 is 9.53 Å². The van der Waals surface area contributed by atoms with Crippen LogP contribution in [0.5, 0.6) is 0 Å². The van der Waals surface area contributed by atoms with Gasteiger partial charge in [-0.2, -0.15) is 0 Å². The molecule has 0 atom stereocenters. The number of hydrogen-bond acceptors (Lipinski definition) is 4. The predicted octanol–water partition coefficient (Wildman–Crippen LogP) is 1.18. The second-order valence-corrected chi connectivity index (χ2v) is 4.33. The molecule has 1 aliphatic rings. The van der Waals surface area contributed by atoms with Gasteiger partial charge in [0.2, 0.25) is 5.91 Å². The monoisotopic (exact) mass is 249 g/mol. The lowest BCUT2D eigenvalue weighted by molar-refractivity contribution is -0.117. The van der Waals surface area contributed by atoms with Crippen LogP contribution in [0.2, 0.25) is 0 Å². The molecule has 0 saturated carbocycles. The molecule has 1 saturated heterocycles. The average molecular weight is 249 g/mol. The third-order valence-corrected chi connectivity index (χ3v) is 2.90. The Balaban J connectivity index is 1.62. The Kier molecular flexibility index (Phi) is 5.11. The zero-order chi connectivity index (χ0) is 12.6. The smallest absolute Gasteiger partial charge is 0.227 e. The van der Waals surface area contributed by atoms with Gasteiger partial charge in [-0.05, 0) is 38.1 Å². The number of rotatable bonds is 5. The number of carbonyl (C=O) groups is 1. The quantitative estimate of drug-likeness (QED) is 0.822. The summed E-state index contributed by atoms with van der Waals surface area (Å²) in [5.41, 5.74) is 0. The van der Waals surface area contributed by atoms with Gasteiger partial charge in [-0.3, -0.25) is 4.79 Å². The fourth-order valence-corrected chi connectivity index (χ4v) is 1.92. The minimum absolute atomic E-state index is 0.0531. The topological polar surface area (TPSA) is 63.2 Å². The summed E-state index contributed by atoms with van der Waals surface area (Å²) in [4.78, 5) is 15.6. The highest BCUT2D eigenvalue weighted by molar-refractivity contribution is 5.89. The molecule has 2 N–H and O–H groups in total. The van der Waals surface area contributed by atoms with E-state index in [4.69, 9.17) is 4.74 Å². The van der Waals surface area contributed by atoms with Crippen molar-refractivity contribution in [3.05, 3.63) is 24.4 Å². The molecule has 0 unspecified atom stereocenters. The van der Waals surface area contributed by atoms with E-state index >= 15 is 0 Å². The maximum atomic E-state index is 11.6. The highest BCUT2D eigenvalue weighted by Crippen LogP contribution is 2.08. The second kappa shape index (κ2) is 7.08. The number of ether oxygens (including phenoxy) is 1. The number of aromatic nitrogens is 1. The van der Waals surface area contributed by atoms with Crippen molar-refractivity contribution >= 4 is 11.7 Å². The molecule has 5 heteroatoms. The zero-order valence-corrected chi connectivity index (χ0v) is 10.4. The van der Waals surface area contributed by atoms with Crippen LogP contribution >= 0.6 is 0 Å². The molecule has 2 rings (SSSR count). The van der Waals surface area contributed by atoms with E-state index < -0.39 is 0 Å². The number of pyridine rings is 1. The molecule has 18 heavy (non-hydrogen) atoms. The summed E-state index contributed by atoms with van der Waals surface area (Å²) in [6.45, 7) is 2.49. The molecule has 2 heterocycles. The van der Waals surface area contributed by atoms with Gasteiger partial charge >= 0.3 is 0 Å². The number of carbonyl (C=O) groups excluding carboxylic acids is 1. The number of piperidine rings is 1. The van der Waals surface area contributed by atoms with E-state index in [0.717, 1.165) is 25.9 Å². The molecule has 1 amide bonds. The molecule has 0 aromatic carbocycles. The van der Waals surface area contributed by atoms with E-state index in [1.807, 2.05) is 12.1 Å². The van der Waals surface area contributed by atoms with E-state index in [9.17, 15) is 4.79 Å². The highest BCUT2D eigenvalue weighted by atomic mass is 16.5. The first-order chi connectivity index (χ1) is 8.84. The Bertz CT molecular complexity index is 364. The summed E-state index contributed by atoms with van der Waals surface area (Å²) in [7, 11) is 0. The maximum absolute atomic E-state index is 11.6. The molecule has 1 aromatic rings. The van der Waals surface area contributed by atoms with Gasteiger partial charge < -0.3 is 15.4 Å². The Hall–Kier alpha value is -1.46. The molecule has 0 aliphatic carbocycles. The highest BCUT2D eigenvalue weighted by Gasteiger charge is 2.13. The van der Waals surface area contributed by atoms with Crippen LogP contribution in [0.25, 0.3) is 0 Å². The molecular formula is C13H19N3O2. The summed E-state index contributed by atoms with van der Waals surface area (Å²) in [6, 6.07) is 5.43. The van der Waals surface area contributed by atoms with Crippen LogP contribution in [0.15, 0.2) is 24.4 Å². The number of amides is 1. The lowest BCUT2D eigenvalue weighted by Crippen LogP contribution is -2.33. The van der Waals surface area contributed by atoms with Crippen LogP contribution < -0.4 is 10.6 Å². The van der Waals surface area contributed by atoms with Gasteiger partial charge in [0.05, 0.1) is 19.1 Å². The summed E-state index contributed by atoms with van der Waals surface area (Å²) in [5, 5.41) is 6.02. The van der Waals surface area contributed by atoms with Gasteiger partial charge in [0.15, 0.2) is 0 Å². The van der Waals surface area contributed by atoms with Gasteiger partial charge in [-0.1, -0.05) is 6.07 Å². The van der Waals surface area contributed by atoms with Gasteiger partial charge in [0.1, 0.15) is 5.82 Å². The summed E-state index contributed by atoms with van der Waals surface area (Å²) < 4.78 is 5.67. The Labute approximate surface area is 107 Å². The molecule has 98 valence electrons. The third kappa shape index (κ3) is 4.43. The van der Waals surface area contributed by atoms with Crippen molar-refractivity contribution in [2.75, 3.05) is 25.0 Å². The van der Waals surface area contributed by atoms with Crippen molar-refractivity contribution in [2.45, 2.75) is 25.4 Å². The Morgan fingerprint density at radius 3 is 3.00 bits per heavy atom. The van der Waals surface area contributed by atoms with Crippen LogP contribution in [0.3, 0.4) is 0 Å². The standard InChI is InChI=1S/C13H19N3O2/c17-13(16-12-3-1-2-7-15-12)6-10-18-11-4-8-14-9-5-11/h1-3,7,11,14H,4-6,8-10H2,(H,15,16,17). The third-order valence-electron chi connectivity index (χ3n) is 2.90. The first-order valence-corrected chi connectivity index (χ1v) is 6.38. The molecule has 0 radical (unpaired) electrons. The molecule has 1 aliphatic heterocycles. The number of hydrogen-bond donors (Lipinski definition) is 2. The van der Waals surface area contributed by atoms with Crippen LogP contribution in [-0.4, -0.2) is 36.7 Å². The lowest BCUT2D eigenvalue weighted by atomic mass is 10.1. The van der Waals surface area contributed by atoms with E-state index in [2.05, 4.69) is 15.6 Å². The average Bonchev–Trinajstić information content (AvgIpc) is 2.41. The second-order valence-electron chi connectivity index (χ2n) is 4.33. The van der Waals surface area contributed by atoms with Crippen LogP contribution in [-0.2, 0) is 9.53 Å². The molecule has 1 fully saturated rings. The Morgan fingerprint density at radius 2 is 2.28 bits per heavy atom. The zero-order valence-electron chi connectivity index (χ0n) is 10.4. The molecule has 5 nitrogen and oxygen atoms in total. The summed E-state index contributed by atoms with van der Waals surface area (Å²) in [6.07, 6.45) is 4.39. The SMILES string of the molecule is O=C(CCOC1CCNCC1)Nc1ccccn1. The molecular weight excluding hydrogens is 230 g/mol. The van der Waals surface area contributed by atoms with Gasteiger partial charge in [0, 0.05) is 6.20 Å². The van der Waals surface area contributed by atoms with E-state index in [-0.39, 0.29) is 5.91 Å². The van der Waals surface area contributed by atoms with Crippen molar-refractivity contribution in [3.8, 4) is 0 Å².